The molecule has 1 aromatic rings. The predicted molar refractivity (Wildman–Crippen MR) is 148 cm³/mol. The topological polar surface area (TPSA) is 112 Å². The first-order chi connectivity index (χ1) is 18.4. The van der Waals surface area contributed by atoms with Crippen LogP contribution in [0.3, 0.4) is 0 Å². The van der Waals surface area contributed by atoms with Crippen LogP contribution in [0.2, 0.25) is 5.02 Å². The third kappa shape index (κ3) is 9.59. The summed E-state index contributed by atoms with van der Waals surface area (Å²) < 4.78 is 10.9. The predicted octanol–water partition coefficient (Wildman–Crippen LogP) is 4.09. The first kappa shape index (κ1) is 30.5. The van der Waals surface area contributed by atoms with Gasteiger partial charge in [0.05, 0.1) is 32.0 Å². The fourth-order valence-electron chi connectivity index (χ4n) is 5.74. The van der Waals surface area contributed by atoms with Gasteiger partial charge in [-0.2, -0.15) is 0 Å². The van der Waals surface area contributed by atoms with Crippen LogP contribution < -0.4 is 16.0 Å². The fourth-order valence-corrected chi connectivity index (χ4v) is 5.93. The third-order valence-electron chi connectivity index (χ3n) is 7.70. The van der Waals surface area contributed by atoms with Crippen molar-refractivity contribution in [2.45, 2.75) is 69.6 Å². The Hall–Kier alpha value is -2.07. The molecule has 9 nitrogen and oxygen atoms in total. The molecule has 2 fully saturated rings. The molecule has 0 aromatic heterocycles. The molecule has 1 aromatic carbocycles. The van der Waals surface area contributed by atoms with Gasteiger partial charge in [0.2, 0.25) is 0 Å². The normalized spacial score (nSPS) is 20.8. The molecule has 2 aliphatic rings. The summed E-state index contributed by atoms with van der Waals surface area (Å²) in [7, 11) is 3.14. The van der Waals surface area contributed by atoms with Crippen LogP contribution in [0, 0.1) is 11.8 Å². The molecule has 214 valence electrons. The second-order valence-corrected chi connectivity index (χ2v) is 11.0. The molecule has 4 N–H and O–H groups in total. The van der Waals surface area contributed by atoms with Crippen LogP contribution >= 0.6 is 11.6 Å². The van der Waals surface area contributed by atoms with Crippen molar-refractivity contribution in [2.24, 2.45) is 11.8 Å². The highest BCUT2D eigenvalue weighted by Gasteiger charge is 2.33. The summed E-state index contributed by atoms with van der Waals surface area (Å²) in [5.74, 6) is 0.596. The number of hydrogen-bond donors (Lipinski definition) is 4. The molecule has 0 radical (unpaired) electrons. The SMILES string of the molecule is CNC[C@@H](O)[C@H](CC1CCCCC1)NC(=O)N1CCC[C@@H]([C@@H](OCCNC(=O)OC)c2cccc(Cl)c2)C1. The maximum atomic E-state index is 13.4. The minimum atomic E-state index is -0.642. The van der Waals surface area contributed by atoms with Crippen molar-refractivity contribution < 1.29 is 24.2 Å². The minimum absolute atomic E-state index is 0.0603. The highest BCUT2D eigenvalue weighted by Crippen LogP contribution is 2.34. The lowest BCUT2D eigenvalue weighted by molar-refractivity contribution is -0.00905. The number of piperidine rings is 1. The summed E-state index contributed by atoms with van der Waals surface area (Å²) in [6.07, 6.45) is 7.17. The van der Waals surface area contributed by atoms with Crippen molar-refractivity contribution in [3.63, 3.8) is 0 Å². The molecule has 10 heteroatoms. The third-order valence-corrected chi connectivity index (χ3v) is 7.94. The van der Waals surface area contributed by atoms with Crippen LogP contribution in [0.25, 0.3) is 0 Å². The summed E-state index contributed by atoms with van der Waals surface area (Å²) in [4.78, 5) is 26.7. The summed E-state index contributed by atoms with van der Waals surface area (Å²) in [5.41, 5.74) is 0.947. The van der Waals surface area contributed by atoms with E-state index in [1.807, 2.05) is 36.2 Å². The van der Waals surface area contributed by atoms with Crippen molar-refractivity contribution in [1.29, 1.82) is 0 Å². The molecule has 4 atom stereocenters. The van der Waals surface area contributed by atoms with Gasteiger partial charge in [0.15, 0.2) is 0 Å². The van der Waals surface area contributed by atoms with Crippen molar-refractivity contribution in [3.05, 3.63) is 34.9 Å². The lowest BCUT2D eigenvalue weighted by atomic mass is 9.83. The van der Waals surface area contributed by atoms with Gasteiger partial charge >= 0.3 is 12.1 Å². The molecule has 1 saturated heterocycles. The molecule has 0 bridgehead atoms. The number of rotatable bonds is 12. The average Bonchev–Trinajstić information content (AvgIpc) is 2.93. The van der Waals surface area contributed by atoms with E-state index in [0.29, 0.717) is 43.7 Å². The number of alkyl carbamates (subject to hydrolysis) is 1. The molecular weight excluding hydrogens is 508 g/mol. The van der Waals surface area contributed by atoms with Crippen LogP contribution in [-0.2, 0) is 9.47 Å². The molecule has 0 unspecified atom stereocenters. The average molecular weight is 553 g/mol. The lowest BCUT2D eigenvalue weighted by Gasteiger charge is -2.38. The number of nitrogens with zero attached hydrogens (tertiary/aromatic N) is 1. The highest BCUT2D eigenvalue weighted by molar-refractivity contribution is 6.30. The molecule has 1 aliphatic heterocycles. The Bertz CT molecular complexity index is 869. The van der Waals surface area contributed by atoms with Gasteiger partial charge in [-0.05, 0) is 49.9 Å². The second-order valence-electron chi connectivity index (χ2n) is 10.5. The number of methoxy groups -OCH3 is 1. The Morgan fingerprint density at radius 3 is 2.68 bits per heavy atom. The number of hydrogen-bond acceptors (Lipinski definition) is 6. The van der Waals surface area contributed by atoms with Crippen LogP contribution in [0.15, 0.2) is 24.3 Å². The molecular formula is C28H45ClN4O5. The van der Waals surface area contributed by atoms with E-state index in [9.17, 15) is 14.7 Å². The zero-order valence-corrected chi connectivity index (χ0v) is 23.5. The Morgan fingerprint density at radius 1 is 1.18 bits per heavy atom. The number of aliphatic hydroxyl groups is 1. The fraction of sp³-hybridized carbons (Fsp3) is 0.714. The Kier molecular flexibility index (Phi) is 12.9. The van der Waals surface area contributed by atoms with E-state index < -0.39 is 12.2 Å². The molecule has 0 spiro atoms. The molecule has 3 amide bonds. The quantitative estimate of drug-likeness (QED) is 0.291. The zero-order valence-electron chi connectivity index (χ0n) is 22.8. The van der Waals surface area contributed by atoms with E-state index >= 15 is 0 Å². The van der Waals surface area contributed by atoms with Gasteiger partial charge in [-0.25, -0.2) is 9.59 Å². The van der Waals surface area contributed by atoms with Gasteiger partial charge in [-0.3, -0.25) is 0 Å². The lowest BCUT2D eigenvalue weighted by Crippen LogP contribution is -2.54. The van der Waals surface area contributed by atoms with Crippen molar-refractivity contribution in [2.75, 3.05) is 46.9 Å². The van der Waals surface area contributed by atoms with Crippen molar-refractivity contribution in [3.8, 4) is 0 Å². The van der Waals surface area contributed by atoms with Gasteiger partial charge in [-0.1, -0.05) is 55.8 Å². The maximum Gasteiger partial charge on any atom is 0.406 e. The number of likely N-dealkylation sites (N-methyl/N-ethyl adjacent to an activating group) is 1. The molecule has 3 rings (SSSR count). The molecule has 1 aliphatic carbocycles. The van der Waals surface area contributed by atoms with Gasteiger partial charge < -0.3 is 35.4 Å². The van der Waals surface area contributed by atoms with Gasteiger partial charge in [-0.15, -0.1) is 0 Å². The van der Waals surface area contributed by atoms with E-state index in [0.717, 1.165) is 37.7 Å². The molecule has 1 saturated carbocycles. The number of nitrogens with one attached hydrogen (secondary N) is 3. The summed E-state index contributed by atoms with van der Waals surface area (Å²) in [6, 6.07) is 7.17. The second kappa shape index (κ2) is 16.1. The van der Waals surface area contributed by atoms with E-state index in [2.05, 4.69) is 20.7 Å². The first-order valence-corrected chi connectivity index (χ1v) is 14.4. The van der Waals surface area contributed by atoms with Crippen LogP contribution in [0.5, 0.6) is 0 Å². The number of ether oxygens (including phenoxy) is 2. The number of halogens is 1. The number of amides is 3. The maximum absolute atomic E-state index is 13.4. The van der Waals surface area contributed by atoms with Crippen molar-refractivity contribution in [1.82, 2.24) is 20.9 Å². The van der Waals surface area contributed by atoms with Crippen LogP contribution in [0.1, 0.15) is 63.0 Å². The van der Waals surface area contributed by atoms with Crippen molar-refractivity contribution >= 4 is 23.7 Å². The van der Waals surface area contributed by atoms with E-state index in [4.69, 9.17) is 16.3 Å². The standard InChI is InChI=1S/C28H45ClN4O5/c1-30-18-25(34)24(16-20-8-4-3-5-9-20)32-27(35)33-14-7-11-22(19-33)26(21-10-6-12-23(29)17-21)38-15-13-31-28(36)37-2/h6,10,12,17,20,22,24-26,30,34H,3-5,7-9,11,13-16,18-19H2,1-2H3,(H,31,36)(H,32,35)/t22-,24+,25-,26+/m1/s1. The molecule has 1 heterocycles. The summed E-state index contributed by atoms with van der Waals surface area (Å²) in [5, 5.41) is 20.3. The monoisotopic (exact) mass is 552 g/mol. The summed E-state index contributed by atoms with van der Waals surface area (Å²) >= 11 is 6.29. The number of carbonyl (C=O) groups is 2. The number of carbonyl (C=O) groups excluding carboxylic acids is 2. The number of aliphatic hydroxyl groups excluding tert-OH is 1. The van der Waals surface area contributed by atoms with Gasteiger partial charge in [0, 0.05) is 37.1 Å². The number of benzene rings is 1. The minimum Gasteiger partial charge on any atom is -0.453 e. The molecule has 38 heavy (non-hydrogen) atoms. The summed E-state index contributed by atoms with van der Waals surface area (Å²) in [6.45, 7) is 2.24. The van der Waals surface area contributed by atoms with E-state index in [1.165, 1.54) is 26.4 Å². The highest BCUT2D eigenvalue weighted by atomic mass is 35.5. The smallest absolute Gasteiger partial charge is 0.406 e. The first-order valence-electron chi connectivity index (χ1n) is 14.0. The van der Waals surface area contributed by atoms with E-state index in [-0.39, 0.29) is 24.1 Å². The van der Waals surface area contributed by atoms with Gasteiger partial charge in [0.1, 0.15) is 0 Å². The number of likely N-dealkylation sites (tertiary alicyclic amines) is 1. The number of urea groups is 1. The van der Waals surface area contributed by atoms with Gasteiger partial charge in [0.25, 0.3) is 0 Å². The van der Waals surface area contributed by atoms with E-state index in [1.54, 1.807) is 0 Å². The zero-order chi connectivity index (χ0) is 27.3. The van der Waals surface area contributed by atoms with Crippen LogP contribution in [0.4, 0.5) is 9.59 Å². The largest absolute Gasteiger partial charge is 0.453 e. The van der Waals surface area contributed by atoms with Crippen LogP contribution in [-0.4, -0.2) is 81.2 Å². The Morgan fingerprint density at radius 2 is 1.97 bits per heavy atom. The Labute approximate surface area is 232 Å². The Balaban J connectivity index is 1.66.